The Bertz CT molecular complexity index is 1060. The monoisotopic (exact) mass is 395 g/mol. The summed E-state index contributed by atoms with van der Waals surface area (Å²) < 4.78 is 11.5. The number of nitriles is 1. The summed E-state index contributed by atoms with van der Waals surface area (Å²) in [6.07, 6.45) is 2.81. The summed E-state index contributed by atoms with van der Waals surface area (Å²) in [5.41, 5.74) is 0.524. The number of hydrogen-bond acceptors (Lipinski definition) is 7. The number of methoxy groups -OCH3 is 1. The first-order chi connectivity index (χ1) is 14.0. The molecule has 1 fully saturated rings. The summed E-state index contributed by atoms with van der Waals surface area (Å²) in [4.78, 5) is 28.9. The number of para-hydroxylation sites is 1. The molecule has 0 spiro atoms. The highest BCUT2D eigenvalue weighted by atomic mass is 16.5. The predicted molar refractivity (Wildman–Crippen MR) is 106 cm³/mol. The Labute approximate surface area is 167 Å². The van der Waals surface area contributed by atoms with Crippen molar-refractivity contribution in [2.75, 3.05) is 13.7 Å². The number of aromatic hydroxyl groups is 1. The van der Waals surface area contributed by atoms with Gasteiger partial charge in [0.25, 0.3) is 5.56 Å². The van der Waals surface area contributed by atoms with E-state index in [9.17, 15) is 20.0 Å². The van der Waals surface area contributed by atoms with E-state index in [0.717, 1.165) is 17.4 Å². The lowest BCUT2D eigenvalue weighted by molar-refractivity contribution is 0.0601. The molecule has 8 heteroatoms. The van der Waals surface area contributed by atoms with Crippen molar-refractivity contribution in [3.8, 4) is 11.9 Å². The molecular weight excluding hydrogens is 374 g/mol. The van der Waals surface area contributed by atoms with Gasteiger partial charge in [0.1, 0.15) is 11.6 Å². The van der Waals surface area contributed by atoms with Gasteiger partial charge in [-0.2, -0.15) is 5.26 Å². The molecule has 2 heterocycles. The molecule has 1 unspecified atom stereocenters. The van der Waals surface area contributed by atoms with Crippen LogP contribution >= 0.6 is 0 Å². The summed E-state index contributed by atoms with van der Waals surface area (Å²) in [6.45, 7) is 2.33. The Morgan fingerprint density at radius 1 is 1.48 bits per heavy atom. The average Bonchev–Trinajstić information content (AvgIpc) is 3.24. The molecule has 0 amide bonds. The van der Waals surface area contributed by atoms with E-state index in [2.05, 4.69) is 4.99 Å². The quantitative estimate of drug-likeness (QED) is 0.614. The minimum atomic E-state index is -0.565. The van der Waals surface area contributed by atoms with Crippen molar-refractivity contribution in [2.24, 2.45) is 4.99 Å². The first kappa shape index (κ1) is 20.3. The van der Waals surface area contributed by atoms with E-state index in [1.807, 2.05) is 6.07 Å². The van der Waals surface area contributed by atoms with Crippen LogP contribution in [0.25, 0.3) is 0 Å². The summed E-state index contributed by atoms with van der Waals surface area (Å²) in [7, 11) is 1.28. The first-order valence-electron chi connectivity index (χ1n) is 9.17. The molecule has 1 aromatic carbocycles. The standard InChI is InChI=1S/C21H21N3O5/c1-13-16(10-22)19(25)24(12-14-6-5-9-29-14)20(26)17(13)11-23-18-8-4-3-7-15(18)21(27)28-2/h3-4,7-8,11,14,26H,5-6,9,12H2,1-2H3. The fourth-order valence-electron chi connectivity index (χ4n) is 3.29. The van der Waals surface area contributed by atoms with E-state index >= 15 is 0 Å². The SMILES string of the molecule is COC(=O)c1ccccc1N=Cc1c(C)c(C#N)c(=O)n(CC2CCCO2)c1O. The number of aliphatic imine (C=N–C) groups is 1. The highest BCUT2D eigenvalue weighted by molar-refractivity contribution is 5.96. The van der Waals surface area contributed by atoms with Gasteiger partial charge in [-0.3, -0.25) is 14.4 Å². The van der Waals surface area contributed by atoms with E-state index in [1.54, 1.807) is 31.2 Å². The van der Waals surface area contributed by atoms with Crippen molar-refractivity contribution in [3.05, 3.63) is 56.9 Å². The van der Waals surface area contributed by atoms with E-state index in [4.69, 9.17) is 9.47 Å². The van der Waals surface area contributed by atoms with Gasteiger partial charge in [0, 0.05) is 12.8 Å². The maximum absolute atomic E-state index is 12.7. The maximum atomic E-state index is 12.7. The molecule has 1 aromatic heterocycles. The van der Waals surface area contributed by atoms with Gasteiger partial charge >= 0.3 is 5.97 Å². The number of hydrogen-bond donors (Lipinski definition) is 1. The molecule has 150 valence electrons. The van der Waals surface area contributed by atoms with Gasteiger partial charge in [-0.1, -0.05) is 12.1 Å². The number of pyridine rings is 1. The highest BCUT2D eigenvalue weighted by Crippen LogP contribution is 2.25. The van der Waals surface area contributed by atoms with Crippen LogP contribution in [0.4, 0.5) is 5.69 Å². The third-order valence-electron chi connectivity index (χ3n) is 4.90. The van der Waals surface area contributed by atoms with Crippen LogP contribution in [0.3, 0.4) is 0 Å². The van der Waals surface area contributed by atoms with E-state index in [-0.39, 0.29) is 35.2 Å². The molecular formula is C21H21N3O5. The normalized spacial score (nSPS) is 16.1. The second-order valence-electron chi connectivity index (χ2n) is 6.67. The number of aromatic nitrogens is 1. The second-order valence-corrected chi connectivity index (χ2v) is 6.67. The zero-order valence-electron chi connectivity index (χ0n) is 16.2. The fourth-order valence-corrected chi connectivity index (χ4v) is 3.29. The van der Waals surface area contributed by atoms with Crippen molar-refractivity contribution in [3.63, 3.8) is 0 Å². The van der Waals surface area contributed by atoms with Crippen LogP contribution in [0.5, 0.6) is 5.88 Å². The topological polar surface area (TPSA) is 114 Å². The Balaban J connectivity index is 2.08. The van der Waals surface area contributed by atoms with Crippen molar-refractivity contribution in [1.29, 1.82) is 5.26 Å². The number of nitrogens with zero attached hydrogens (tertiary/aromatic N) is 3. The van der Waals surface area contributed by atoms with Crippen LogP contribution in [-0.4, -0.2) is 41.7 Å². The van der Waals surface area contributed by atoms with Crippen molar-refractivity contribution in [2.45, 2.75) is 32.4 Å². The smallest absolute Gasteiger partial charge is 0.340 e. The zero-order chi connectivity index (χ0) is 21.0. The van der Waals surface area contributed by atoms with Gasteiger partial charge < -0.3 is 14.6 Å². The summed E-state index contributed by atoms with van der Waals surface area (Å²) in [5.74, 6) is -0.832. The predicted octanol–water partition coefficient (Wildman–Crippen LogP) is 2.45. The Hall–Kier alpha value is -3.44. The highest BCUT2D eigenvalue weighted by Gasteiger charge is 2.23. The Kier molecular flexibility index (Phi) is 6.10. The molecule has 0 saturated carbocycles. The third-order valence-corrected chi connectivity index (χ3v) is 4.90. The van der Waals surface area contributed by atoms with E-state index in [0.29, 0.717) is 17.9 Å². The molecule has 29 heavy (non-hydrogen) atoms. The lowest BCUT2D eigenvalue weighted by Gasteiger charge is -2.17. The molecule has 3 rings (SSSR count). The molecule has 1 atom stereocenters. The summed E-state index contributed by atoms with van der Waals surface area (Å²) in [5, 5.41) is 20.2. The number of ether oxygens (including phenoxy) is 2. The van der Waals surface area contributed by atoms with Crippen LogP contribution < -0.4 is 5.56 Å². The van der Waals surface area contributed by atoms with Crippen molar-refractivity contribution in [1.82, 2.24) is 4.57 Å². The molecule has 0 aliphatic carbocycles. The fraction of sp³-hybridized carbons (Fsp3) is 0.333. The second kappa shape index (κ2) is 8.71. The number of carbonyl (C=O) groups excluding carboxylic acids is 1. The lowest BCUT2D eigenvalue weighted by Crippen LogP contribution is -2.29. The van der Waals surface area contributed by atoms with E-state index in [1.165, 1.54) is 13.3 Å². The molecule has 1 aliphatic heterocycles. The van der Waals surface area contributed by atoms with Crippen molar-refractivity contribution < 1.29 is 19.4 Å². The lowest BCUT2D eigenvalue weighted by atomic mass is 10.1. The van der Waals surface area contributed by atoms with Gasteiger partial charge in [-0.05, 0) is 37.5 Å². The molecule has 1 saturated heterocycles. The molecule has 0 radical (unpaired) electrons. The minimum absolute atomic E-state index is 0.0662. The Morgan fingerprint density at radius 3 is 2.90 bits per heavy atom. The summed E-state index contributed by atoms with van der Waals surface area (Å²) >= 11 is 0. The first-order valence-corrected chi connectivity index (χ1v) is 9.17. The van der Waals surface area contributed by atoms with Gasteiger partial charge in [0.05, 0.1) is 36.6 Å². The number of rotatable bonds is 5. The van der Waals surface area contributed by atoms with Crippen LogP contribution in [0.15, 0.2) is 34.1 Å². The summed E-state index contributed by atoms with van der Waals surface area (Å²) in [6, 6.07) is 8.51. The molecule has 1 aliphatic rings. The van der Waals surface area contributed by atoms with Crippen molar-refractivity contribution >= 4 is 17.9 Å². The van der Waals surface area contributed by atoms with Gasteiger partial charge in [0.15, 0.2) is 0 Å². The third kappa shape index (κ3) is 4.05. The van der Waals surface area contributed by atoms with Crippen LogP contribution in [0, 0.1) is 18.3 Å². The van der Waals surface area contributed by atoms with Gasteiger partial charge in [0.2, 0.25) is 5.88 Å². The number of benzene rings is 1. The minimum Gasteiger partial charge on any atom is -0.494 e. The van der Waals surface area contributed by atoms with Gasteiger partial charge in [-0.15, -0.1) is 0 Å². The maximum Gasteiger partial charge on any atom is 0.340 e. The number of carbonyl (C=O) groups is 1. The average molecular weight is 395 g/mol. The molecule has 8 nitrogen and oxygen atoms in total. The molecule has 2 aromatic rings. The Morgan fingerprint density at radius 2 is 2.24 bits per heavy atom. The van der Waals surface area contributed by atoms with E-state index < -0.39 is 11.5 Å². The largest absolute Gasteiger partial charge is 0.494 e. The van der Waals surface area contributed by atoms with Crippen LogP contribution in [-0.2, 0) is 16.0 Å². The molecule has 1 N–H and O–H groups in total. The number of esters is 1. The van der Waals surface area contributed by atoms with Crippen LogP contribution in [0.2, 0.25) is 0 Å². The molecule has 0 bridgehead atoms. The zero-order valence-corrected chi connectivity index (χ0v) is 16.2. The van der Waals surface area contributed by atoms with Gasteiger partial charge in [-0.25, -0.2) is 4.79 Å². The van der Waals surface area contributed by atoms with Crippen LogP contribution in [0.1, 0.15) is 39.9 Å².